The topological polar surface area (TPSA) is 4.93 Å². The van der Waals surface area contributed by atoms with Crippen LogP contribution in [-0.4, -0.2) is 4.57 Å². The van der Waals surface area contributed by atoms with Crippen LogP contribution in [0.25, 0.3) is 126 Å². The quantitative estimate of drug-likeness (QED) is 0.169. The van der Waals surface area contributed by atoms with Crippen molar-refractivity contribution in [2.75, 3.05) is 0 Å². The van der Waals surface area contributed by atoms with Gasteiger partial charge in [0.25, 0.3) is 0 Å². The van der Waals surface area contributed by atoms with Gasteiger partial charge in [-0.1, -0.05) is 194 Å². The first-order valence-electron chi connectivity index (χ1n) is 20.5. The summed E-state index contributed by atoms with van der Waals surface area (Å²) in [4.78, 5) is 0. The smallest absolute Gasteiger partial charge is 0.0547 e. The van der Waals surface area contributed by atoms with Crippen LogP contribution in [0.4, 0.5) is 0 Å². The largest absolute Gasteiger partial charge is 0.309 e. The summed E-state index contributed by atoms with van der Waals surface area (Å²) in [6, 6.07) is 78.7. The van der Waals surface area contributed by atoms with E-state index in [0.717, 1.165) is 0 Å². The Morgan fingerprint density at radius 1 is 0.254 bits per heavy atom. The highest BCUT2D eigenvalue weighted by atomic mass is 15.0. The van der Waals surface area contributed by atoms with Gasteiger partial charge in [-0.25, -0.2) is 0 Å². The van der Waals surface area contributed by atoms with Gasteiger partial charge in [0, 0.05) is 16.2 Å². The second-order valence-electron chi connectivity index (χ2n) is 15.9. The van der Waals surface area contributed by atoms with Crippen LogP contribution < -0.4 is 0 Å². The number of hydrogen-bond acceptors (Lipinski definition) is 0. The number of fused-ring (bicyclic) bond motifs is 10. The van der Waals surface area contributed by atoms with Crippen molar-refractivity contribution in [3.63, 3.8) is 0 Å². The molecule has 0 unspecified atom stereocenters. The summed E-state index contributed by atoms with van der Waals surface area (Å²) in [7, 11) is 0. The number of rotatable bonds is 4. The molecule has 0 bridgehead atoms. The number of nitrogens with zero attached hydrogens (tertiary/aromatic N) is 1. The van der Waals surface area contributed by atoms with Gasteiger partial charge in [-0.2, -0.15) is 0 Å². The molecule has 0 radical (unpaired) electrons. The van der Waals surface area contributed by atoms with Crippen molar-refractivity contribution in [3.05, 3.63) is 212 Å². The molecular weight excluding hydrogens is 711 g/mol. The van der Waals surface area contributed by atoms with E-state index in [2.05, 4.69) is 217 Å². The minimum absolute atomic E-state index is 1.19. The fraction of sp³-hybridized carbons (Fsp3) is 0. The zero-order valence-corrected chi connectivity index (χ0v) is 32.2. The average molecular weight is 746 g/mol. The van der Waals surface area contributed by atoms with E-state index in [1.54, 1.807) is 0 Å². The third-order valence-electron chi connectivity index (χ3n) is 12.9. The minimum Gasteiger partial charge on any atom is -0.309 e. The SMILES string of the molecule is c1ccc(-c2c3c(c(-c4ccccc4)c4ccccc24)-c2ccc(-n4c5cc(-c6cccc7ccccc67)ccc5c5c6ccccc6ccc54)c4cccc-3c24)cc1. The van der Waals surface area contributed by atoms with Gasteiger partial charge in [0.05, 0.1) is 16.7 Å². The van der Waals surface area contributed by atoms with E-state index in [1.807, 2.05) is 0 Å². The summed E-state index contributed by atoms with van der Waals surface area (Å²) in [5, 5.41) is 12.7. The molecule has 0 saturated heterocycles. The molecule has 1 nitrogen and oxygen atoms in total. The molecule has 59 heavy (non-hydrogen) atoms. The summed E-state index contributed by atoms with van der Waals surface area (Å²) in [6.07, 6.45) is 0. The van der Waals surface area contributed by atoms with Gasteiger partial charge >= 0.3 is 0 Å². The van der Waals surface area contributed by atoms with Crippen molar-refractivity contribution < 1.29 is 0 Å². The normalized spacial score (nSPS) is 12.1. The molecule has 13 rings (SSSR count). The number of hydrogen-bond donors (Lipinski definition) is 0. The van der Waals surface area contributed by atoms with Crippen LogP contribution in [0, 0.1) is 0 Å². The fourth-order valence-electron chi connectivity index (χ4n) is 10.5. The maximum Gasteiger partial charge on any atom is 0.0547 e. The molecule has 11 aromatic carbocycles. The van der Waals surface area contributed by atoms with E-state index >= 15 is 0 Å². The average Bonchev–Trinajstić information content (AvgIpc) is 3.82. The first-order chi connectivity index (χ1) is 29.3. The molecule has 0 spiro atoms. The van der Waals surface area contributed by atoms with Crippen molar-refractivity contribution in [2.45, 2.75) is 0 Å². The summed E-state index contributed by atoms with van der Waals surface area (Å²) < 4.78 is 2.55. The predicted molar refractivity (Wildman–Crippen MR) is 252 cm³/mol. The second-order valence-corrected chi connectivity index (χ2v) is 15.9. The van der Waals surface area contributed by atoms with Crippen molar-refractivity contribution in [2.24, 2.45) is 0 Å². The maximum absolute atomic E-state index is 2.55. The predicted octanol–water partition coefficient (Wildman–Crippen LogP) is 16.0. The molecule has 1 heteroatoms. The minimum atomic E-state index is 1.19. The number of aromatic nitrogens is 1. The first-order valence-corrected chi connectivity index (χ1v) is 20.5. The van der Waals surface area contributed by atoms with Crippen molar-refractivity contribution >= 4 is 64.9 Å². The van der Waals surface area contributed by atoms with E-state index < -0.39 is 0 Å². The Balaban J connectivity index is 1.16. The molecule has 0 amide bonds. The Morgan fingerprint density at radius 3 is 1.51 bits per heavy atom. The van der Waals surface area contributed by atoms with Crippen LogP contribution in [0.3, 0.4) is 0 Å². The molecule has 1 aliphatic rings. The van der Waals surface area contributed by atoms with Gasteiger partial charge in [-0.05, 0) is 112 Å². The van der Waals surface area contributed by atoms with Gasteiger partial charge in [0.2, 0.25) is 0 Å². The summed E-state index contributed by atoms with van der Waals surface area (Å²) in [5.74, 6) is 0. The van der Waals surface area contributed by atoms with Crippen molar-refractivity contribution in [1.29, 1.82) is 0 Å². The molecule has 1 aromatic heterocycles. The zero-order valence-electron chi connectivity index (χ0n) is 32.2. The lowest BCUT2D eigenvalue weighted by Crippen LogP contribution is -1.96. The lowest BCUT2D eigenvalue weighted by Gasteiger charge is -2.20. The van der Waals surface area contributed by atoms with Gasteiger partial charge in [-0.3, -0.25) is 0 Å². The summed E-state index contributed by atoms with van der Waals surface area (Å²) >= 11 is 0. The van der Waals surface area contributed by atoms with E-state index in [-0.39, 0.29) is 0 Å². The fourth-order valence-corrected chi connectivity index (χ4v) is 10.5. The Kier molecular flexibility index (Phi) is 6.79. The molecule has 0 saturated carbocycles. The zero-order chi connectivity index (χ0) is 38.6. The van der Waals surface area contributed by atoms with E-state index in [4.69, 9.17) is 0 Å². The molecule has 0 aliphatic heterocycles. The first kappa shape index (κ1) is 32.4. The molecule has 0 N–H and O–H groups in total. The maximum atomic E-state index is 2.55. The van der Waals surface area contributed by atoms with Crippen LogP contribution in [0.15, 0.2) is 212 Å². The summed E-state index contributed by atoms with van der Waals surface area (Å²) in [5.41, 5.74) is 16.4. The van der Waals surface area contributed by atoms with Crippen molar-refractivity contribution in [1.82, 2.24) is 4.57 Å². The summed E-state index contributed by atoms with van der Waals surface area (Å²) in [6.45, 7) is 0. The third-order valence-corrected chi connectivity index (χ3v) is 12.9. The van der Waals surface area contributed by atoms with Crippen LogP contribution in [0.1, 0.15) is 0 Å². The molecule has 1 aliphatic carbocycles. The van der Waals surface area contributed by atoms with Crippen LogP contribution >= 0.6 is 0 Å². The van der Waals surface area contributed by atoms with Gasteiger partial charge in [0.1, 0.15) is 0 Å². The Bertz CT molecular complexity index is 3610. The second kappa shape index (κ2) is 12.4. The molecule has 272 valence electrons. The third kappa shape index (κ3) is 4.56. The van der Waals surface area contributed by atoms with E-state index in [0.29, 0.717) is 0 Å². The Labute approximate surface area is 341 Å². The standard InChI is InChI=1S/C58H35N/c1-3-17-38(18-4-1)53-44-24-11-12-25-45(44)54(39-19-5-2-6-20-39)58-49-32-34-50(46-27-14-28-48(55(46)49)57(53)58)59-51-33-30-37-16-8-10-23-43(37)56(51)47-31-29-40(35-52(47)59)42-26-13-21-36-15-7-9-22-41(36)42/h1-35H. The lowest BCUT2D eigenvalue weighted by molar-refractivity contribution is 1.20. The van der Waals surface area contributed by atoms with E-state index in [9.17, 15) is 0 Å². The molecule has 12 aromatic rings. The molecular formula is C58H35N. The molecule has 0 atom stereocenters. The highest BCUT2D eigenvalue weighted by Crippen LogP contribution is 2.58. The Hall–Kier alpha value is -7.74. The van der Waals surface area contributed by atoms with Crippen molar-refractivity contribution in [3.8, 4) is 61.3 Å². The van der Waals surface area contributed by atoms with Crippen LogP contribution in [0.2, 0.25) is 0 Å². The van der Waals surface area contributed by atoms with Gasteiger partial charge in [-0.15, -0.1) is 0 Å². The highest BCUT2D eigenvalue weighted by molar-refractivity contribution is 6.29. The molecule has 0 fully saturated rings. The van der Waals surface area contributed by atoms with E-state index in [1.165, 1.54) is 126 Å². The van der Waals surface area contributed by atoms with Gasteiger partial charge < -0.3 is 4.57 Å². The Morgan fingerprint density at radius 2 is 0.797 bits per heavy atom. The number of benzene rings is 11. The van der Waals surface area contributed by atoms with Gasteiger partial charge in [0.15, 0.2) is 0 Å². The lowest BCUT2D eigenvalue weighted by atomic mass is 9.82. The van der Waals surface area contributed by atoms with Crippen LogP contribution in [0.5, 0.6) is 0 Å². The highest BCUT2D eigenvalue weighted by Gasteiger charge is 2.31. The molecule has 1 heterocycles. The van der Waals surface area contributed by atoms with Crippen LogP contribution in [-0.2, 0) is 0 Å². The monoisotopic (exact) mass is 745 g/mol.